The van der Waals surface area contributed by atoms with Gasteiger partial charge in [-0.25, -0.2) is 0 Å². The molecule has 3 heteroatoms. The van der Waals surface area contributed by atoms with Gasteiger partial charge in [0.05, 0.1) is 7.11 Å². The molecule has 0 bridgehead atoms. The van der Waals surface area contributed by atoms with Crippen molar-refractivity contribution in [3.05, 3.63) is 23.8 Å². The van der Waals surface area contributed by atoms with E-state index >= 15 is 0 Å². The second kappa shape index (κ2) is 4.22. The van der Waals surface area contributed by atoms with Crippen molar-refractivity contribution in [3.63, 3.8) is 0 Å². The molecule has 2 aliphatic rings. The van der Waals surface area contributed by atoms with Crippen molar-refractivity contribution < 1.29 is 4.74 Å². The number of fused-ring (bicyclic) bond motifs is 3. The molecule has 0 amide bonds. The van der Waals surface area contributed by atoms with Crippen LogP contribution in [0.4, 0.5) is 5.69 Å². The van der Waals surface area contributed by atoms with E-state index in [0.29, 0.717) is 18.0 Å². The first kappa shape index (κ1) is 10.9. The number of ether oxygens (including phenoxy) is 1. The normalized spacial score (nSPS) is 30.4. The summed E-state index contributed by atoms with van der Waals surface area (Å²) in [6, 6.07) is 7.53. The van der Waals surface area contributed by atoms with E-state index in [2.05, 4.69) is 29.7 Å². The Hall–Kier alpha value is -1.22. The van der Waals surface area contributed by atoms with Gasteiger partial charge in [-0.05, 0) is 43.1 Å². The summed E-state index contributed by atoms with van der Waals surface area (Å²) >= 11 is 0. The molecule has 92 valence electrons. The Morgan fingerprint density at radius 2 is 2.29 bits per heavy atom. The number of methoxy groups -OCH3 is 1. The number of hydrogen-bond donors (Lipinski definition) is 2. The number of benzene rings is 1. The zero-order valence-corrected chi connectivity index (χ0v) is 10.5. The van der Waals surface area contributed by atoms with Crippen LogP contribution in [0, 0.1) is 0 Å². The van der Waals surface area contributed by atoms with Crippen LogP contribution >= 0.6 is 0 Å². The van der Waals surface area contributed by atoms with Gasteiger partial charge in [-0.1, -0.05) is 6.92 Å². The molecule has 17 heavy (non-hydrogen) atoms. The second-order valence-electron chi connectivity index (χ2n) is 4.99. The maximum absolute atomic E-state index is 5.33. The lowest BCUT2D eigenvalue weighted by Gasteiger charge is -2.34. The van der Waals surface area contributed by atoms with Crippen molar-refractivity contribution in [3.8, 4) is 5.75 Å². The average Bonchev–Trinajstić information content (AvgIpc) is 2.76. The van der Waals surface area contributed by atoms with E-state index in [1.54, 1.807) is 7.11 Å². The SMILES string of the molecule is CCC1NCCC2c3cc(OC)ccc3NC12. The minimum atomic E-state index is 0.552. The molecule has 1 aromatic rings. The Bertz CT molecular complexity index is 419. The smallest absolute Gasteiger partial charge is 0.119 e. The molecule has 3 rings (SSSR count). The summed E-state index contributed by atoms with van der Waals surface area (Å²) in [7, 11) is 1.73. The maximum Gasteiger partial charge on any atom is 0.119 e. The molecule has 1 saturated heterocycles. The molecule has 3 atom stereocenters. The van der Waals surface area contributed by atoms with E-state index in [9.17, 15) is 0 Å². The predicted octanol–water partition coefficient (Wildman–Crippen LogP) is 2.34. The molecule has 2 aliphatic heterocycles. The lowest BCUT2D eigenvalue weighted by atomic mass is 9.84. The van der Waals surface area contributed by atoms with E-state index in [0.717, 1.165) is 12.3 Å². The van der Waals surface area contributed by atoms with Gasteiger partial charge in [-0.15, -0.1) is 0 Å². The molecular formula is C14H20N2O. The second-order valence-corrected chi connectivity index (χ2v) is 4.99. The summed E-state index contributed by atoms with van der Waals surface area (Å²) in [5.74, 6) is 1.61. The zero-order valence-electron chi connectivity index (χ0n) is 10.5. The van der Waals surface area contributed by atoms with Crippen LogP contribution in [-0.2, 0) is 0 Å². The van der Waals surface area contributed by atoms with Gasteiger partial charge in [-0.3, -0.25) is 0 Å². The van der Waals surface area contributed by atoms with E-state index < -0.39 is 0 Å². The standard InChI is InChI=1S/C14H20N2O/c1-3-12-14-10(6-7-15-12)11-8-9(17-2)4-5-13(11)16-14/h4-5,8,10,12,14-16H,3,6-7H2,1-2H3. The third-order valence-electron chi connectivity index (χ3n) is 4.15. The lowest BCUT2D eigenvalue weighted by molar-refractivity contribution is 0.334. The summed E-state index contributed by atoms with van der Waals surface area (Å²) in [6.07, 6.45) is 2.40. The molecule has 3 nitrogen and oxygen atoms in total. The Balaban J connectivity index is 1.94. The molecule has 0 aromatic heterocycles. The van der Waals surface area contributed by atoms with Crippen molar-refractivity contribution in [1.29, 1.82) is 0 Å². The quantitative estimate of drug-likeness (QED) is 0.821. The molecule has 0 aliphatic carbocycles. The first-order valence-electron chi connectivity index (χ1n) is 6.51. The first-order chi connectivity index (χ1) is 8.33. The van der Waals surface area contributed by atoms with Crippen LogP contribution in [0.1, 0.15) is 31.2 Å². The van der Waals surface area contributed by atoms with Crippen LogP contribution in [0.25, 0.3) is 0 Å². The lowest BCUT2D eigenvalue weighted by Crippen LogP contribution is -2.49. The molecule has 0 spiro atoms. The minimum absolute atomic E-state index is 0.552. The van der Waals surface area contributed by atoms with E-state index in [1.807, 2.05) is 6.07 Å². The summed E-state index contributed by atoms with van der Waals surface area (Å²) in [5, 5.41) is 7.28. The van der Waals surface area contributed by atoms with E-state index in [-0.39, 0.29) is 0 Å². The highest BCUT2D eigenvalue weighted by Gasteiger charge is 2.39. The monoisotopic (exact) mass is 232 g/mol. The van der Waals surface area contributed by atoms with Crippen LogP contribution in [0.5, 0.6) is 5.75 Å². The van der Waals surface area contributed by atoms with Crippen molar-refractivity contribution in [2.24, 2.45) is 0 Å². The van der Waals surface area contributed by atoms with Gasteiger partial charge in [0.1, 0.15) is 5.75 Å². The molecule has 2 heterocycles. The van der Waals surface area contributed by atoms with Gasteiger partial charge >= 0.3 is 0 Å². The summed E-state index contributed by atoms with van der Waals surface area (Å²) in [6.45, 7) is 3.38. The van der Waals surface area contributed by atoms with Crippen LogP contribution in [0.2, 0.25) is 0 Å². The van der Waals surface area contributed by atoms with Gasteiger partial charge in [0.15, 0.2) is 0 Å². The van der Waals surface area contributed by atoms with Crippen molar-refractivity contribution in [2.75, 3.05) is 19.0 Å². The van der Waals surface area contributed by atoms with Crippen molar-refractivity contribution in [1.82, 2.24) is 5.32 Å². The molecule has 0 radical (unpaired) electrons. The molecule has 3 unspecified atom stereocenters. The number of hydrogen-bond acceptors (Lipinski definition) is 3. The molecule has 0 saturated carbocycles. The zero-order chi connectivity index (χ0) is 11.8. The number of anilines is 1. The van der Waals surface area contributed by atoms with Gasteiger partial charge in [-0.2, -0.15) is 0 Å². The number of rotatable bonds is 2. The topological polar surface area (TPSA) is 33.3 Å². The van der Waals surface area contributed by atoms with Gasteiger partial charge < -0.3 is 15.4 Å². The summed E-state index contributed by atoms with van der Waals surface area (Å²) in [4.78, 5) is 0. The van der Waals surface area contributed by atoms with Crippen molar-refractivity contribution in [2.45, 2.75) is 37.8 Å². The molecule has 1 aromatic carbocycles. The third-order valence-corrected chi connectivity index (χ3v) is 4.15. The highest BCUT2D eigenvalue weighted by molar-refractivity contribution is 5.62. The summed E-state index contributed by atoms with van der Waals surface area (Å²) in [5.41, 5.74) is 2.73. The molecule has 2 N–H and O–H groups in total. The van der Waals surface area contributed by atoms with Crippen LogP contribution in [0.3, 0.4) is 0 Å². The van der Waals surface area contributed by atoms with Crippen LogP contribution in [-0.4, -0.2) is 25.7 Å². The highest BCUT2D eigenvalue weighted by atomic mass is 16.5. The van der Waals surface area contributed by atoms with Crippen molar-refractivity contribution >= 4 is 5.69 Å². The Labute approximate surface area is 103 Å². The average molecular weight is 232 g/mol. The van der Waals surface area contributed by atoms with Gasteiger partial charge in [0, 0.05) is 23.7 Å². The number of piperidine rings is 1. The van der Waals surface area contributed by atoms with Crippen LogP contribution < -0.4 is 15.4 Å². The highest BCUT2D eigenvalue weighted by Crippen LogP contribution is 2.42. The molecular weight excluding hydrogens is 212 g/mol. The largest absolute Gasteiger partial charge is 0.497 e. The van der Waals surface area contributed by atoms with Gasteiger partial charge in [0.2, 0.25) is 0 Å². The minimum Gasteiger partial charge on any atom is -0.497 e. The predicted molar refractivity (Wildman–Crippen MR) is 69.8 cm³/mol. The summed E-state index contributed by atoms with van der Waals surface area (Å²) < 4.78 is 5.33. The Morgan fingerprint density at radius 3 is 3.06 bits per heavy atom. The number of nitrogens with one attached hydrogen (secondary N) is 2. The van der Waals surface area contributed by atoms with Gasteiger partial charge in [0.25, 0.3) is 0 Å². The fraction of sp³-hybridized carbons (Fsp3) is 0.571. The molecule has 1 fully saturated rings. The Kier molecular flexibility index (Phi) is 2.71. The third kappa shape index (κ3) is 1.69. The fourth-order valence-corrected chi connectivity index (χ4v) is 3.25. The van der Waals surface area contributed by atoms with Crippen LogP contribution in [0.15, 0.2) is 18.2 Å². The first-order valence-corrected chi connectivity index (χ1v) is 6.51. The van der Waals surface area contributed by atoms with E-state index in [4.69, 9.17) is 4.74 Å². The van der Waals surface area contributed by atoms with E-state index in [1.165, 1.54) is 24.1 Å². The Morgan fingerprint density at radius 1 is 1.41 bits per heavy atom. The maximum atomic E-state index is 5.33. The fourth-order valence-electron chi connectivity index (χ4n) is 3.25.